The predicted molar refractivity (Wildman–Crippen MR) is 93.3 cm³/mol. The van der Waals surface area contributed by atoms with Crippen molar-refractivity contribution in [2.24, 2.45) is 0 Å². The van der Waals surface area contributed by atoms with Crippen LogP contribution in [-0.4, -0.2) is 21.7 Å². The van der Waals surface area contributed by atoms with E-state index in [4.69, 9.17) is 4.42 Å². The molecule has 3 aromatic rings. The zero-order valence-electron chi connectivity index (χ0n) is 13.1. The molecule has 0 saturated carbocycles. The second-order valence-corrected chi connectivity index (χ2v) is 7.66. The number of hydrogen-bond donors (Lipinski definition) is 0. The van der Waals surface area contributed by atoms with E-state index in [9.17, 15) is 4.79 Å². The molecule has 3 rings (SSSR count). The molecule has 118 valence electrons. The van der Waals surface area contributed by atoms with Gasteiger partial charge in [-0.05, 0) is 39.0 Å². The lowest BCUT2D eigenvalue weighted by atomic mass is 10.1. The highest BCUT2D eigenvalue weighted by molar-refractivity contribution is 7.99. The smallest absolute Gasteiger partial charge is 0.277 e. The zero-order chi connectivity index (χ0) is 16.4. The molecule has 0 atom stereocenters. The van der Waals surface area contributed by atoms with Gasteiger partial charge >= 0.3 is 0 Å². The highest BCUT2D eigenvalue weighted by Gasteiger charge is 2.15. The molecule has 0 amide bonds. The molecule has 23 heavy (non-hydrogen) atoms. The monoisotopic (exact) mass is 344 g/mol. The summed E-state index contributed by atoms with van der Waals surface area (Å²) in [5, 5.41) is 8.46. The second kappa shape index (κ2) is 6.68. The van der Waals surface area contributed by atoms with E-state index in [0.717, 1.165) is 20.9 Å². The van der Waals surface area contributed by atoms with Gasteiger partial charge in [0.05, 0.1) is 5.75 Å². The molecule has 2 heterocycles. The third kappa shape index (κ3) is 3.71. The van der Waals surface area contributed by atoms with Crippen molar-refractivity contribution in [1.29, 1.82) is 0 Å². The Morgan fingerprint density at radius 3 is 2.57 bits per heavy atom. The van der Waals surface area contributed by atoms with Crippen LogP contribution in [0, 0.1) is 20.8 Å². The number of thioether (sulfide) groups is 1. The van der Waals surface area contributed by atoms with Crippen molar-refractivity contribution >= 4 is 28.9 Å². The maximum absolute atomic E-state index is 12.3. The Labute approximate surface area is 142 Å². The Morgan fingerprint density at radius 1 is 1.17 bits per heavy atom. The number of hydrogen-bond acceptors (Lipinski definition) is 6. The van der Waals surface area contributed by atoms with Crippen molar-refractivity contribution in [1.82, 2.24) is 10.2 Å². The van der Waals surface area contributed by atoms with Crippen LogP contribution in [0.1, 0.15) is 25.7 Å². The number of aromatic nitrogens is 2. The number of Topliss-reactive ketones (excluding diaryl/α,β-unsaturated/α-hetero) is 1. The zero-order valence-corrected chi connectivity index (χ0v) is 14.8. The number of rotatable bonds is 5. The summed E-state index contributed by atoms with van der Waals surface area (Å²) >= 11 is 2.92. The van der Waals surface area contributed by atoms with Gasteiger partial charge in [-0.3, -0.25) is 4.79 Å². The fraction of sp³-hybridized carbons (Fsp3) is 0.235. The van der Waals surface area contributed by atoms with E-state index in [-0.39, 0.29) is 5.78 Å². The third-order valence-electron chi connectivity index (χ3n) is 3.37. The average Bonchev–Trinajstić information content (AvgIpc) is 3.12. The Morgan fingerprint density at radius 2 is 1.91 bits per heavy atom. The van der Waals surface area contributed by atoms with Gasteiger partial charge in [-0.25, -0.2) is 0 Å². The summed E-state index contributed by atoms with van der Waals surface area (Å²) in [4.78, 5) is 14.5. The first-order chi connectivity index (χ1) is 11.0. The standard InChI is InChI=1S/C17H16N2O2S2/c1-10-4-6-13(7-5-10)16-18-19-17(21-16)22-9-15(20)14-8-11(2)23-12(14)3/h4-8H,9H2,1-3H3. The number of carbonyl (C=O) groups is 1. The van der Waals surface area contributed by atoms with Crippen LogP contribution >= 0.6 is 23.1 Å². The van der Waals surface area contributed by atoms with Crippen molar-refractivity contribution in [3.05, 3.63) is 51.2 Å². The van der Waals surface area contributed by atoms with Crippen molar-refractivity contribution in [3.8, 4) is 11.5 Å². The van der Waals surface area contributed by atoms with Gasteiger partial charge in [0, 0.05) is 20.9 Å². The minimum absolute atomic E-state index is 0.0898. The summed E-state index contributed by atoms with van der Waals surface area (Å²) in [5.74, 6) is 0.862. The lowest BCUT2D eigenvalue weighted by Gasteiger charge is -1.97. The number of nitrogens with zero attached hydrogens (tertiary/aromatic N) is 2. The van der Waals surface area contributed by atoms with Crippen molar-refractivity contribution in [2.75, 3.05) is 5.75 Å². The highest BCUT2D eigenvalue weighted by atomic mass is 32.2. The molecule has 6 heteroatoms. The summed E-state index contributed by atoms with van der Waals surface area (Å²) in [6, 6.07) is 9.82. The molecular weight excluding hydrogens is 328 g/mol. The maximum Gasteiger partial charge on any atom is 0.277 e. The molecule has 4 nitrogen and oxygen atoms in total. The minimum atomic E-state index is 0.0898. The first-order valence-corrected chi connectivity index (χ1v) is 8.96. The summed E-state index contributed by atoms with van der Waals surface area (Å²) in [7, 11) is 0. The van der Waals surface area contributed by atoms with Crippen LogP contribution in [0.4, 0.5) is 0 Å². The van der Waals surface area contributed by atoms with E-state index >= 15 is 0 Å². The fourth-order valence-electron chi connectivity index (χ4n) is 2.19. The molecule has 0 radical (unpaired) electrons. The summed E-state index contributed by atoms with van der Waals surface area (Å²) in [6.45, 7) is 6.00. The molecule has 0 aliphatic carbocycles. The quantitative estimate of drug-likeness (QED) is 0.496. The van der Waals surface area contributed by atoms with Crippen LogP contribution in [-0.2, 0) is 0 Å². The maximum atomic E-state index is 12.3. The largest absolute Gasteiger partial charge is 0.411 e. The Bertz CT molecular complexity index is 835. The predicted octanol–water partition coefficient (Wildman–Crippen LogP) is 4.70. The van der Waals surface area contributed by atoms with E-state index < -0.39 is 0 Å². The Hall–Kier alpha value is -1.92. The number of thiophene rings is 1. The molecule has 0 bridgehead atoms. The molecule has 0 aliphatic heterocycles. The van der Waals surface area contributed by atoms with Crippen LogP contribution in [0.5, 0.6) is 0 Å². The second-order valence-electron chi connectivity index (χ2n) is 5.28. The number of ketones is 1. The van der Waals surface area contributed by atoms with Crippen LogP contribution in [0.2, 0.25) is 0 Å². The lowest BCUT2D eigenvalue weighted by Crippen LogP contribution is -2.02. The topological polar surface area (TPSA) is 56.0 Å². The lowest BCUT2D eigenvalue weighted by molar-refractivity contribution is 0.102. The SMILES string of the molecule is Cc1ccc(-c2nnc(SCC(=O)c3cc(C)sc3C)o2)cc1. The first-order valence-electron chi connectivity index (χ1n) is 7.16. The van der Waals surface area contributed by atoms with Gasteiger partial charge in [0.25, 0.3) is 5.22 Å². The van der Waals surface area contributed by atoms with Gasteiger partial charge < -0.3 is 4.42 Å². The molecular formula is C17H16N2O2S2. The number of benzene rings is 1. The van der Waals surface area contributed by atoms with Crippen LogP contribution in [0.15, 0.2) is 40.0 Å². The molecule has 0 N–H and O–H groups in total. The van der Waals surface area contributed by atoms with E-state index in [2.05, 4.69) is 10.2 Å². The fourth-order valence-corrected chi connectivity index (χ4v) is 3.78. The van der Waals surface area contributed by atoms with Crippen LogP contribution in [0.25, 0.3) is 11.5 Å². The summed E-state index contributed by atoms with van der Waals surface area (Å²) < 4.78 is 5.62. The van der Waals surface area contributed by atoms with Crippen LogP contribution in [0.3, 0.4) is 0 Å². The van der Waals surface area contributed by atoms with E-state index in [0.29, 0.717) is 16.9 Å². The van der Waals surface area contributed by atoms with Gasteiger partial charge in [-0.1, -0.05) is 29.5 Å². The molecule has 0 saturated heterocycles. The molecule has 1 aromatic carbocycles. The van der Waals surface area contributed by atoms with Crippen LogP contribution < -0.4 is 0 Å². The highest BCUT2D eigenvalue weighted by Crippen LogP contribution is 2.26. The summed E-state index contributed by atoms with van der Waals surface area (Å²) in [6.07, 6.45) is 0. The molecule has 0 unspecified atom stereocenters. The van der Waals surface area contributed by atoms with Gasteiger partial charge in [0.1, 0.15) is 0 Å². The van der Waals surface area contributed by atoms with Crippen molar-refractivity contribution in [3.63, 3.8) is 0 Å². The third-order valence-corrected chi connectivity index (χ3v) is 5.16. The van der Waals surface area contributed by atoms with Gasteiger partial charge in [0.15, 0.2) is 5.78 Å². The first kappa shape index (κ1) is 16.0. The van der Waals surface area contributed by atoms with Gasteiger partial charge in [-0.2, -0.15) is 0 Å². The minimum Gasteiger partial charge on any atom is -0.411 e. The molecule has 0 spiro atoms. The molecule has 0 fully saturated rings. The average molecular weight is 344 g/mol. The van der Waals surface area contributed by atoms with Crippen molar-refractivity contribution < 1.29 is 9.21 Å². The molecule has 2 aromatic heterocycles. The normalized spacial score (nSPS) is 10.9. The Balaban J connectivity index is 1.66. The Kier molecular flexibility index (Phi) is 4.63. The number of aryl methyl sites for hydroxylation is 3. The van der Waals surface area contributed by atoms with E-state index in [1.54, 1.807) is 11.3 Å². The van der Waals surface area contributed by atoms with E-state index in [1.807, 2.05) is 51.1 Å². The van der Waals surface area contributed by atoms with Gasteiger partial charge in [-0.15, -0.1) is 21.5 Å². The molecule has 0 aliphatic rings. The van der Waals surface area contributed by atoms with Crippen molar-refractivity contribution in [2.45, 2.75) is 26.0 Å². The number of carbonyl (C=O) groups excluding carboxylic acids is 1. The summed E-state index contributed by atoms with van der Waals surface area (Å²) in [5.41, 5.74) is 2.85. The van der Waals surface area contributed by atoms with Gasteiger partial charge in [0.2, 0.25) is 5.89 Å². The van der Waals surface area contributed by atoms with E-state index in [1.165, 1.54) is 17.3 Å².